The summed E-state index contributed by atoms with van der Waals surface area (Å²) in [5.74, 6) is -1.43. The van der Waals surface area contributed by atoms with E-state index in [1.165, 1.54) is 0 Å². The van der Waals surface area contributed by atoms with E-state index in [1.54, 1.807) is 0 Å². The Balaban J connectivity index is 4.09. The van der Waals surface area contributed by atoms with Gasteiger partial charge in [0, 0.05) is 18.4 Å². The van der Waals surface area contributed by atoms with E-state index in [1.807, 2.05) is 27.7 Å². The highest BCUT2D eigenvalue weighted by molar-refractivity contribution is 6.01. The molecule has 2 unspecified atom stereocenters. The highest BCUT2D eigenvalue weighted by atomic mass is 16.2. The smallest absolute Gasteiger partial charge is 0.228 e. The van der Waals surface area contributed by atoms with E-state index >= 15 is 0 Å². The summed E-state index contributed by atoms with van der Waals surface area (Å²) in [5, 5.41) is 2.81. The summed E-state index contributed by atoms with van der Waals surface area (Å²) in [7, 11) is 0. The van der Waals surface area contributed by atoms with Crippen LogP contribution in [0.3, 0.4) is 0 Å². The fourth-order valence-electron chi connectivity index (χ4n) is 1.86. The third-order valence-corrected chi connectivity index (χ3v) is 3.53. The average molecular weight is 284 g/mol. The van der Waals surface area contributed by atoms with Crippen molar-refractivity contribution in [3.05, 3.63) is 0 Å². The third kappa shape index (κ3) is 6.68. The van der Waals surface area contributed by atoms with E-state index in [2.05, 4.69) is 5.32 Å². The van der Waals surface area contributed by atoms with Crippen molar-refractivity contribution in [2.45, 2.75) is 53.4 Å². The second-order valence-corrected chi connectivity index (χ2v) is 5.61. The van der Waals surface area contributed by atoms with Gasteiger partial charge < -0.3 is 11.1 Å². The molecule has 20 heavy (non-hydrogen) atoms. The zero-order valence-corrected chi connectivity index (χ0v) is 13.1. The maximum absolute atomic E-state index is 12.0. The molecular formula is C15H28N2O3. The Labute approximate surface area is 121 Å². The lowest BCUT2D eigenvalue weighted by Gasteiger charge is -2.16. The molecule has 116 valence electrons. The number of carbonyl (C=O) groups excluding carboxylic acids is 3. The Hall–Kier alpha value is -1.39. The minimum Gasteiger partial charge on any atom is -0.369 e. The largest absolute Gasteiger partial charge is 0.369 e. The Morgan fingerprint density at radius 1 is 1.10 bits per heavy atom. The second kappa shape index (κ2) is 9.50. The van der Waals surface area contributed by atoms with Crippen molar-refractivity contribution in [3.63, 3.8) is 0 Å². The molecule has 0 aromatic carbocycles. The molecule has 0 spiro atoms. The zero-order chi connectivity index (χ0) is 15.7. The van der Waals surface area contributed by atoms with Crippen molar-refractivity contribution < 1.29 is 14.4 Å². The molecule has 0 saturated carbocycles. The van der Waals surface area contributed by atoms with Crippen molar-refractivity contribution >= 4 is 17.6 Å². The summed E-state index contributed by atoms with van der Waals surface area (Å²) < 4.78 is 0. The van der Waals surface area contributed by atoms with Gasteiger partial charge in [-0.1, -0.05) is 34.1 Å². The molecule has 5 nitrogen and oxygen atoms in total. The molecule has 0 aliphatic heterocycles. The van der Waals surface area contributed by atoms with Gasteiger partial charge in [0.05, 0.1) is 5.92 Å². The van der Waals surface area contributed by atoms with Crippen LogP contribution in [-0.4, -0.2) is 24.1 Å². The number of nitrogens with one attached hydrogen (secondary N) is 1. The molecule has 0 saturated heterocycles. The lowest BCUT2D eigenvalue weighted by atomic mass is 9.88. The number of nitrogens with two attached hydrogens (primary N) is 1. The van der Waals surface area contributed by atoms with Crippen molar-refractivity contribution in [1.29, 1.82) is 0 Å². The first-order valence-corrected chi connectivity index (χ1v) is 7.41. The molecule has 0 fully saturated rings. The summed E-state index contributed by atoms with van der Waals surface area (Å²) in [6, 6.07) is 0. The van der Waals surface area contributed by atoms with E-state index in [4.69, 9.17) is 5.73 Å². The summed E-state index contributed by atoms with van der Waals surface area (Å²) in [4.78, 5) is 34.7. The number of ketones is 1. The number of primary amides is 1. The maximum Gasteiger partial charge on any atom is 0.228 e. The molecule has 3 N–H and O–H groups in total. The molecule has 0 aromatic heterocycles. The summed E-state index contributed by atoms with van der Waals surface area (Å²) >= 11 is 0. The van der Waals surface area contributed by atoms with Gasteiger partial charge in [0.25, 0.3) is 0 Å². The number of carbonyl (C=O) groups is 3. The number of unbranched alkanes of at least 4 members (excludes halogenated alkanes) is 1. The van der Waals surface area contributed by atoms with Crippen molar-refractivity contribution in [2.24, 2.45) is 23.5 Å². The normalized spacial score (nSPS) is 13.8. The summed E-state index contributed by atoms with van der Waals surface area (Å²) in [5.41, 5.74) is 5.30. The SMILES string of the molecule is CCC(C)C(=O)C(CCCCNC(=O)C(C)C)C(N)=O. The zero-order valence-electron chi connectivity index (χ0n) is 13.1. The number of amides is 2. The molecule has 0 bridgehead atoms. The molecule has 0 aliphatic rings. The molecule has 0 radical (unpaired) electrons. The van der Waals surface area contributed by atoms with Gasteiger partial charge >= 0.3 is 0 Å². The standard InChI is InChI=1S/C15H28N2O3/c1-5-11(4)13(18)12(14(16)19)8-6-7-9-17-15(20)10(2)3/h10-12H,5-9H2,1-4H3,(H2,16,19)(H,17,20). The lowest BCUT2D eigenvalue weighted by molar-refractivity contribution is -0.134. The monoisotopic (exact) mass is 284 g/mol. The highest BCUT2D eigenvalue weighted by Crippen LogP contribution is 2.16. The van der Waals surface area contributed by atoms with Crippen molar-refractivity contribution in [1.82, 2.24) is 5.32 Å². The van der Waals surface area contributed by atoms with E-state index < -0.39 is 11.8 Å². The van der Waals surface area contributed by atoms with Crippen LogP contribution in [0, 0.1) is 17.8 Å². The van der Waals surface area contributed by atoms with E-state index in [0.717, 1.165) is 6.42 Å². The van der Waals surface area contributed by atoms with Gasteiger partial charge in [-0.2, -0.15) is 0 Å². The predicted octanol–water partition coefficient (Wildman–Crippen LogP) is 1.65. The van der Waals surface area contributed by atoms with Gasteiger partial charge in [-0.05, 0) is 19.3 Å². The average Bonchev–Trinajstić information content (AvgIpc) is 2.40. The topological polar surface area (TPSA) is 89.3 Å². The molecule has 0 rings (SSSR count). The Kier molecular flexibility index (Phi) is 8.84. The Morgan fingerprint density at radius 3 is 2.15 bits per heavy atom. The number of hydrogen-bond donors (Lipinski definition) is 2. The van der Waals surface area contributed by atoms with Crippen molar-refractivity contribution in [2.75, 3.05) is 6.54 Å². The number of rotatable bonds is 10. The number of hydrogen-bond acceptors (Lipinski definition) is 3. The Bertz CT molecular complexity index is 340. The molecule has 0 aliphatic carbocycles. The first-order chi connectivity index (χ1) is 9.31. The van der Waals surface area contributed by atoms with Crippen LogP contribution in [0.2, 0.25) is 0 Å². The lowest BCUT2D eigenvalue weighted by Crippen LogP contribution is -2.34. The van der Waals surface area contributed by atoms with Gasteiger partial charge in [-0.25, -0.2) is 0 Å². The summed E-state index contributed by atoms with van der Waals surface area (Å²) in [6.07, 6.45) is 2.63. The quantitative estimate of drug-likeness (QED) is 0.472. The molecular weight excluding hydrogens is 256 g/mol. The number of Topliss-reactive ketones (excluding diaryl/α,β-unsaturated/α-hetero) is 1. The fraction of sp³-hybridized carbons (Fsp3) is 0.800. The van der Waals surface area contributed by atoms with Crippen LogP contribution >= 0.6 is 0 Å². The van der Waals surface area contributed by atoms with E-state index in [0.29, 0.717) is 25.8 Å². The van der Waals surface area contributed by atoms with E-state index in [9.17, 15) is 14.4 Å². The van der Waals surface area contributed by atoms with Crippen LogP contribution in [0.5, 0.6) is 0 Å². The van der Waals surface area contributed by atoms with Crippen LogP contribution in [-0.2, 0) is 14.4 Å². The van der Waals surface area contributed by atoms with Gasteiger partial charge in [0.2, 0.25) is 11.8 Å². The highest BCUT2D eigenvalue weighted by Gasteiger charge is 2.26. The molecule has 5 heteroatoms. The predicted molar refractivity (Wildman–Crippen MR) is 78.8 cm³/mol. The molecule has 0 heterocycles. The Morgan fingerprint density at radius 2 is 1.70 bits per heavy atom. The van der Waals surface area contributed by atoms with Gasteiger partial charge in [0.1, 0.15) is 5.78 Å². The van der Waals surface area contributed by atoms with E-state index in [-0.39, 0.29) is 23.5 Å². The molecule has 2 atom stereocenters. The second-order valence-electron chi connectivity index (χ2n) is 5.61. The minimum atomic E-state index is -0.689. The molecule has 2 amide bonds. The first kappa shape index (κ1) is 18.6. The minimum absolute atomic E-state index is 0.0205. The van der Waals surface area contributed by atoms with Gasteiger partial charge in [0.15, 0.2) is 0 Å². The third-order valence-electron chi connectivity index (χ3n) is 3.53. The fourth-order valence-corrected chi connectivity index (χ4v) is 1.86. The van der Waals surface area contributed by atoms with Crippen molar-refractivity contribution in [3.8, 4) is 0 Å². The first-order valence-electron chi connectivity index (χ1n) is 7.41. The van der Waals surface area contributed by atoms with Crippen LogP contribution in [0.1, 0.15) is 53.4 Å². The molecule has 0 aromatic rings. The van der Waals surface area contributed by atoms with Gasteiger partial charge in [-0.3, -0.25) is 14.4 Å². The maximum atomic E-state index is 12.0. The van der Waals surface area contributed by atoms with Gasteiger partial charge in [-0.15, -0.1) is 0 Å². The van der Waals surface area contributed by atoms with Crippen LogP contribution in [0.4, 0.5) is 0 Å². The summed E-state index contributed by atoms with van der Waals surface area (Å²) in [6.45, 7) is 7.98. The van der Waals surface area contributed by atoms with Crippen LogP contribution in [0.25, 0.3) is 0 Å². The van der Waals surface area contributed by atoms with Crippen LogP contribution < -0.4 is 11.1 Å². The van der Waals surface area contributed by atoms with Crippen LogP contribution in [0.15, 0.2) is 0 Å².